The summed E-state index contributed by atoms with van der Waals surface area (Å²) in [4.78, 5) is 23.8. The molecule has 1 aromatic rings. The molecule has 0 fully saturated rings. The van der Waals surface area contributed by atoms with Gasteiger partial charge in [0, 0.05) is 17.8 Å². The number of nitrogen functional groups attached to an aromatic ring is 1. The smallest absolute Gasteiger partial charge is 0.227 e. The van der Waals surface area contributed by atoms with Crippen LogP contribution in [0.3, 0.4) is 0 Å². The van der Waals surface area contributed by atoms with Gasteiger partial charge in [0.2, 0.25) is 5.91 Å². The maximum Gasteiger partial charge on any atom is 0.227 e. The van der Waals surface area contributed by atoms with Crippen molar-refractivity contribution in [2.24, 2.45) is 0 Å². The summed E-state index contributed by atoms with van der Waals surface area (Å²) in [5.41, 5.74) is 6.64. The third-order valence-corrected chi connectivity index (χ3v) is 2.54. The van der Waals surface area contributed by atoms with Crippen LogP contribution in [0.2, 0.25) is 0 Å². The predicted molar refractivity (Wildman–Crippen MR) is 67.7 cm³/mol. The van der Waals surface area contributed by atoms with E-state index in [2.05, 4.69) is 0 Å². The average molecular weight is 249 g/mol. The molecule has 5 nitrogen and oxygen atoms in total. The number of benzene rings is 1. The molecule has 2 N–H and O–H groups in total. The number of carbonyl (C=O) groups excluding carboxylic acids is 2. The summed E-state index contributed by atoms with van der Waals surface area (Å²) in [6, 6.07) is 6.51. The lowest BCUT2D eigenvalue weighted by molar-refractivity contribution is -0.303. The Morgan fingerprint density at radius 1 is 1.28 bits per heavy atom. The second-order valence-corrected chi connectivity index (χ2v) is 4.05. The first-order valence-corrected chi connectivity index (χ1v) is 5.90. The van der Waals surface area contributed by atoms with Crippen molar-refractivity contribution in [3.05, 3.63) is 24.3 Å². The van der Waals surface area contributed by atoms with Crippen molar-refractivity contribution in [3.63, 3.8) is 0 Å². The molecular formula is C13H17N2O3-. The molecule has 0 saturated heterocycles. The van der Waals surface area contributed by atoms with Gasteiger partial charge in [0.05, 0.1) is 12.5 Å². The SMILES string of the molecule is CCCCC(=O)N(CC(=O)[O-])c1ccc(N)cc1. The van der Waals surface area contributed by atoms with Crippen molar-refractivity contribution in [3.8, 4) is 0 Å². The molecule has 0 radical (unpaired) electrons. The van der Waals surface area contributed by atoms with Gasteiger partial charge in [-0.3, -0.25) is 4.79 Å². The number of unbranched alkanes of at least 4 members (excludes halogenated alkanes) is 1. The van der Waals surface area contributed by atoms with Crippen molar-refractivity contribution >= 4 is 23.3 Å². The van der Waals surface area contributed by atoms with E-state index < -0.39 is 12.5 Å². The first-order chi connectivity index (χ1) is 8.54. The van der Waals surface area contributed by atoms with E-state index in [-0.39, 0.29) is 5.91 Å². The average Bonchev–Trinajstić information content (AvgIpc) is 2.34. The third-order valence-electron chi connectivity index (χ3n) is 2.54. The maximum absolute atomic E-state index is 11.9. The standard InChI is InChI=1S/C13H18N2O3/c1-2-3-4-12(16)15(9-13(17)18)11-7-5-10(14)6-8-11/h5-8H,2-4,9,14H2,1H3,(H,17,18)/p-1. The highest BCUT2D eigenvalue weighted by Gasteiger charge is 2.15. The fourth-order valence-electron chi connectivity index (χ4n) is 1.57. The minimum absolute atomic E-state index is 0.217. The Morgan fingerprint density at radius 3 is 2.39 bits per heavy atom. The van der Waals surface area contributed by atoms with Gasteiger partial charge in [-0.15, -0.1) is 0 Å². The van der Waals surface area contributed by atoms with Crippen molar-refractivity contribution < 1.29 is 14.7 Å². The van der Waals surface area contributed by atoms with Crippen LogP contribution in [0.5, 0.6) is 0 Å². The first-order valence-electron chi connectivity index (χ1n) is 5.90. The number of hydrogen-bond donors (Lipinski definition) is 1. The molecule has 1 aromatic carbocycles. The normalized spacial score (nSPS) is 10.1. The zero-order chi connectivity index (χ0) is 13.5. The van der Waals surface area contributed by atoms with Crippen LogP contribution in [0.15, 0.2) is 24.3 Å². The second-order valence-electron chi connectivity index (χ2n) is 4.05. The topological polar surface area (TPSA) is 86.5 Å². The lowest BCUT2D eigenvalue weighted by atomic mass is 10.2. The molecule has 18 heavy (non-hydrogen) atoms. The molecule has 0 unspecified atom stereocenters. The molecule has 0 aliphatic rings. The Labute approximate surface area is 106 Å². The molecule has 0 heterocycles. The van der Waals surface area contributed by atoms with Gasteiger partial charge in [0.25, 0.3) is 0 Å². The second kappa shape index (κ2) is 6.64. The van der Waals surface area contributed by atoms with Gasteiger partial charge >= 0.3 is 0 Å². The van der Waals surface area contributed by atoms with Crippen molar-refractivity contribution in [1.29, 1.82) is 0 Å². The van der Waals surface area contributed by atoms with Crippen LogP contribution in [-0.2, 0) is 9.59 Å². The van der Waals surface area contributed by atoms with Gasteiger partial charge in [0.15, 0.2) is 0 Å². The van der Waals surface area contributed by atoms with E-state index in [1.807, 2.05) is 6.92 Å². The Hall–Kier alpha value is -2.04. The van der Waals surface area contributed by atoms with E-state index in [0.717, 1.165) is 12.8 Å². The van der Waals surface area contributed by atoms with Gasteiger partial charge in [-0.05, 0) is 30.7 Å². The number of hydrogen-bond acceptors (Lipinski definition) is 4. The number of aliphatic carboxylic acids is 1. The Balaban J connectivity index is 2.86. The number of nitrogens with two attached hydrogens (primary N) is 1. The molecule has 0 spiro atoms. The summed E-state index contributed by atoms with van der Waals surface area (Å²) < 4.78 is 0. The van der Waals surface area contributed by atoms with E-state index in [9.17, 15) is 14.7 Å². The maximum atomic E-state index is 11.9. The van der Waals surface area contributed by atoms with Crippen LogP contribution in [0.25, 0.3) is 0 Å². The summed E-state index contributed by atoms with van der Waals surface area (Å²) in [5.74, 6) is -1.50. The van der Waals surface area contributed by atoms with E-state index in [4.69, 9.17) is 5.73 Å². The molecule has 0 saturated carbocycles. The summed E-state index contributed by atoms with van der Waals surface area (Å²) in [6.07, 6.45) is 1.94. The minimum Gasteiger partial charge on any atom is -0.548 e. The number of rotatable bonds is 6. The zero-order valence-electron chi connectivity index (χ0n) is 10.4. The number of amides is 1. The Kier molecular flexibility index (Phi) is 5.17. The first kappa shape index (κ1) is 14.0. The molecule has 1 rings (SSSR count). The molecule has 1 amide bonds. The van der Waals surface area contributed by atoms with E-state index in [0.29, 0.717) is 17.8 Å². The molecule has 0 aliphatic heterocycles. The molecule has 0 aliphatic carbocycles. The highest BCUT2D eigenvalue weighted by molar-refractivity contribution is 5.97. The van der Waals surface area contributed by atoms with Crippen LogP contribution >= 0.6 is 0 Å². The van der Waals surface area contributed by atoms with E-state index in [1.165, 1.54) is 4.90 Å². The molecular weight excluding hydrogens is 232 g/mol. The number of nitrogens with zero attached hydrogens (tertiary/aromatic N) is 1. The van der Waals surface area contributed by atoms with Crippen LogP contribution in [0, 0.1) is 0 Å². The third kappa shape index (κ3) is 4.08. The predicted octanol–water partition coefficient (Wildman–Crippen LogP) is 0.542. The summed E-state index contributed by atoms with van der Waals surface area (Å²) in [7, 11) is 0. The van der Waals surface area contributed by atoms with Crippen molar-refractivity contribution in [1.82, 2.24) is 0 Å². The van der Waals surface area contributed by atoms with Crippen LogP contribution in [0.1, 0.15) is 26.2 Å². The quantitative estimate of drug-likeness (QED) is 0.745. The molecule has 0 aromatic heterocycles. The number of carbonyl (C=O) groups is 2. The lowest BCUT2D eigenvalue weighted by Crippen LogP contribution is -2.41. The van der Waals surface area contributed by atoms with Crippen molar-refractivity contribution in [2.45, 2.75) is 26.2 Å². The number of anilines is 2. The fourth-order valence-corrected chi connectivity index (χ4v) is 1.57. The minimum atomic E-state index is -1.28. The highest BCUT2D eigenvalue weighted by atomic mass is 16.4. The monoisotopic (exact) mass is 249 g/mol. The lowest BCUT2D eigenvalue weighted by Gasteiger charge is -2.23. The van der Waals surface area contributed by atoms with Gasteiger partial charge in [-0.25, -0.2) is 0 Å². The van der Waals surface area contributed by atoms with Crippen LogP contribution in [0.4, 0.5) is 11.4 Å². The molecule has 0 bridgehead atoms. The van der Waals surface area contributed by atoms with Gasteiger partial charge in [-0.1, -0.05) is 13.3 Å². The molecule has 0 atom stereocenters. The van der Waals surface area contributed by atoms with E-state index >= 15 is 0 Å². The number of carboxylic acid groups (broad SMARTS) is 1. The fraction of sp³-hybridized carbons (Fsp3) is 0.385. The largest absolute Gasteiger partial charge is 0.548 e. The van der Waals surface area contributed by atoms with Gasteiger partial charge in [0.1, 0.15) is 0 Å². The molecule has 98 valence electrons. The summed E-state index contributed by atoms with van der Waals surface area (Å²) in [6.45, 7) is 1.53. The van der Waals surface area contributed by atoms with Crippen LogP contribution < -0.4 is 15.7 Å². The van der Waals surface area contributed by atoms with Gasteiger partial charge < -0.3 is 20.5 Å². The highest BCUT2D eigenvalue weighted by Crippen LogP contribution is 2.17. The van der Waals surface area contributed by atoms with E-state index in [1.54, 1.807) is 24.3 Å². The Bertz CT molecular complexity index is 415. The summed E-state index contributed by atoms with van der Waals surface area (Å²) in [5, 5.41) is 10.7. The zero-order valence-corrected chi connectivity index (χ0v) is 10.4. The Morgan fingerprint density at radius 2 is 1.89 bits per heavy atom. The summed E-state index contributed by atoms with van der Waals surface area (Å²) >= 11 is 0. The van der Waals surface area contributed by atoms with Gasteiger partial charge in [-0.2, -0.15) is 0 Å². The van der Waals surface area contributed by atoms with Crippen LogP contribution in [-0.4, -0.2) is 18.4 Å². The number of carboxylic acids is 1. The molecule has 5 heteroatoms. The van der Waals surface area contributed by atoms with Crippen molar-refractivity contribution in [2.75, 3.05) is 17.2 Å².